The first-order valence-electron chi connectivity index (χ1n) is 11.7. The molecule has 7 nitrogen and oxygen atoms in total. The van der Waals surface area contributed by atoms with Crippen molar-refractivity contribution in [3.63, 3.8) is 0 Å². The smallest absolute Gasteiger partial charge is 0.244 e. The number of aryl methyl sites for hydroxylation is 2. The minimum Gasteiger partial charge on any atom is -0.324 e. The molecule has 182 valence electrons. The molecular weight excluding hydrogens is 457 g/mol. The number of hydrogen-bond acceptors (Lipinski definition) is 4. The first-order chi connectivity index (χ1) is 16.3. The Morgan fingerprint density at radius 2 is 1.74 bits per heavy atom. The van der Waals surface area contributed by atoms with E-state index in [-0.39, 0.29) is 23.8 Å². The predicted octanol–water partition coefficient (Wildman–Crippen LogP) is 4.01. The highest BCUT2D eigenvalue weighted by atomic mass is 32.2. The van der Waals surface area contributed by atoms with Gasteiger partial charge >= 0.3 is 0 Å². The molecule has 0 saturated carbocycles. The second kappa shape index (κ2) is 10.2. The van der Waals surface area contributed by atoms with Gasteiger partial charge < -0.3 is 10.2 Å². The van der Waals surface area contributed by atoms with Gasteiger partial charge in [-0.1, -0.05) is 12.8 Å². The van der Waals surface area contributed by atoms with Gasteiger partial charge in [0.15, 0.2) is 0 Å². The van der Waals surface area contributed by atoms with Crippen molar-refractivity contribution < 1.29 is 22.4 Å². The van der Waals surface area contributed by atoms with Gasteiger partial charge in [-0.3, -0.25) is 9.59 Å². The maximum atomic E-state index is 13.4. The standard InChI is InChI=1S/C25H30FN3O4S/c1-18-15-20(26)9-11-22(18)27-24(30)17-29-23-12-10-21(16-19(23)7-6-8-25(29)31)34(32,33)28-13-4-2-3-5-14-28/h9-12,15-16H,2-8,13-14,17H2,1H3,(H,27,30). The zero-order valence-electron chi connectivity index (χ0n) is 19.3. The summed E-state index contributed by atoms with van der Waals surface area (Å²) in [5.41, 5.74) is 2.36. The van der Waals surface area contributed by atoms with Crippen LogP contribution in [0.5, 0.6) is 0 Å². The Kier molecular flexibility index (Phi) is 7.33. The average molecular weight is 488 g/mol. The molecule has 2 aliphatic rings. The summed E-state index contributed by atoms with van der Waals surface area (Å²) in [6.07, 6.45) is 5.18. The normalized spacial score (nSPS) is 17.6. The number of benzene rings is 2. The highest BCUT2D eigenvalue weighted by molar-refractivity contribution is 7.89. The number of nitrogens with one attached hydrogen (secondary N) is 1. The fourth-order valence-corrected chi connectivity index (χ4v) is 6.16. The van der Waals surface area contributed by atoms with E-state index in [1.807, 2.05) is 0 Å². The lowest BCUT2D eigenvalue weighted by atomic mass is 10.1. The molecule has 0 atom stereocenters. The fourth-order valence-electron chi connectivity index (χ4n) is 4.59. The number of amides is 2. The van der Waals surface area contributed by atoms with Gasteiger partial charge in [0.1, 0.15) is 12.4 Å². The molecule has 1 N–H and O–H groups in total. The number of hydrogen-bond donors (Lipinski definition) is 1. The SMILES string of the molecule is Cc1cc(F)ccc1NC(=O)CN1C(=O)CCCc2cc(S(=O)(=O)N3CCCCCC3)ccc21. The van der Waals surface area contributed by atoms with E-state index in [4.69, 9.17) is 0 Å². The Balaban J connectivity index is 1.57. The van der Waals surface area contributed by atoms with Crippen LogP contribution in [0.25, 0.3) is 0 Å². The minimum absolute atomic E-state index is 0.187. The third-order valence-electron chi connectivity index (χ3n) is 6.45. The van der Waals surface area contributed by atoms with Crippen LogP contribution in [0.3, 0.4) is 0 Å². The van der Waals surface area contributed by atoms with Crippen molar-refractivity contribution in [2.45, 2.75) is 56.8 Å². The van der Waals surface area contributed by atoms with Crippen molar-refractivity contribution >= 4 is 33.2 Å². The molecule has 4 rings (SSSR count). The summed E-state index contributed by atoms with van der Waals surface area (Å²) in [6.45, 7) is 2.53. The molecule has 0 aromatic heterocycles. The van der Waals surface area contributed by atoms with Crippen molar-refractivity contribution in [3.8, 4) is 0 Å². The molecule has 2 aromatic carbocycles. The van der Waals surface area contributed by atoms with Gasteiger partial charge in [-0.15, -0.1) is 0 Å². The molecule has 2 amide bonds. The van der Waals surface area contributed by atoms with E-state index in [1.54, 1.807) is 23.4 Å². The van der Waals surface area contributed by atoms with E-state index >= 15 is 0 Å². The van der Waals surface area contributed by atoms with E-state index in [1.165, 1.54) is 29.2 Å². The number of carbonyl (C=O) groups excluding carboxylic acids is 2. The van der Waals surface area contributed by atoms with Crippen LogP contribution in [0.2, 0.25) is 0 Å². The summed E-state index contributed by atoms with van der Waals surface area (Å²) in [7, 11) is -3.61. The first-order valence-corrected chi connectivity index (χ1v) is 13.2. The Morgan fingerprint density at radius 1 is 1.00 bits per heavy atom. The zero-order chi connectivity index (χ0) is 24.3. The van der Waals surface area contributed by atoms with Crippen molar-refractivity contribution in [3.05, 3.63) is 53.3 Å². The number of nitrogens with zero attached hydrogens (tertiary/aromatic N) is 2. The van der Waals surface area contributed by atoms with E-state index < -0.39 is 21.7 Å². The van der Waals surface area contributed by atoms with Crippen LogP contribution < -0.4 is 10.2 Å². The highest BCUT2D eigenvalue weighted by Crippen LogP contribution is 2.31. The minimum atomic E-state index is -3.61. The van der Waals surface area contributed by atoms with Crippen molar-refractivity contribution in [1.82, 2.24) is 4.31 Å². The maximum Gasteiger partial charge on any atom is 0.244 e. The monoisotopic (exact) mass is 487 g/mol. The third-order valence-corrected chi connectivity index (χ3v) is 8.34. The highest BCUT2D eigenvalue weighted by Gasteiger charge is 2.29. The quantitative estimate of drug-likeness (QED) is 0.691. The van der Waals surface area contributed by atoms with Gasteiger partial charge in [0, 0.05) is 30.9 Å². The Bertz CT molecular complexity index is 1190. The van der Waals surface area contributed by atoms with Gasteiger partial charge in [0.2, 0.25) is 21.8 Å². The van der Waals surface area contributed by atoms with E-state index in [0.29, 0.717) is 42.9 Å². The molecule has 0 radical (unpaired) electrons. The largest absolute Gasteiger partial charge is 0.324 e. The number of rotatable bonds is 5. The molecule has 0 aliphatic carbocycles. The number of sulfonamides is 1. The van der Waals surface area contributed by atoms with E-state index in [9.17, 15) is 22.4 Å². The molecule has 2 aromatic rings. The van der Waals surface area contributed by atoms with Gasteiger partial charge in [-0.25, -0.2) is 12.8 Å². The number of carbonyl (C=O) groups is 2. The van der Waals surface area contributed by atoms with Crippen LogP contribution in [0.1, 0.15) is 49.7 Å². The summed E-state index contributed by atoms with van der Waals surface area (Å²) in [5, 5.41) is 2.74. The van der Waals surface area contributed by atoms with Crippen LogP contribution in [-0.2, 0) is 26.0 Å². The molecule has 2 heterocycles. The summed E-state index contributed by atoms with van der Waals surface area (Å²) in [4.78, 5) is 27.2. The number of halogens is 1. The summed E-state index contributed by atoms with van der Waals surface area (Å²) < 4.78 is 41.4. The van der Waals surface area contributed by atoms with Crippen molar-refractivity contribution in [2.24, 2.45) is 0 Å². The average Bonchev–Trinajstić information content (AvgIpc) is 3.16. The van der Waals surface area contributed by atoms with E-state index in [2.05, 4.69) is 5.32 Å². The number of anilines is 2. The molecule has 0 spiro atoms. The van der Waals surface area contributed by atoms with E-state index in [0.717, 1.165) is 31.2 Å². The second-order valence-electron chi connectivity index (χ2n) is 8.95. The fraction of sp³-hybridized carbons (Fsp3) is 0.440. The first kappa shape index (κ1) is 24.3. The molecule has 0 unspecified atom stereocenters. The number of fused-ring (bicyclic) bond motifs is 1. The summed E-state index contributed by atoms with van der Waals surface area (Å²) >= 11 is 0. The lowest BCUT2D eigenvalue weighted by molar-refractivity contribution is -0.121. The maximum absolute atomic E-state index is 13.4. The molecule has 1 saturated heterocycles. The topological polar surface area (TPSA) is 86.8 Å². The third kappa shape index (κ3) is 5.31. The van der Waals surface area contributed by atoms with Crippen LogP contribution >= 0.6 is 0 Å². The van der Waals surface area contributed by atoms with Crippen molar-refractivity contribution in [1.29, 1.82) is 0 Å². The summed E-state index contributed by atoms with van der Waals surface area (Å²) in [6, 6.07) is 8.91. The van der Waals surface area contributed by atoms with Gasteiger partial charge in [-0.05, 0) is 80.1 Å². The van der Waals surface area contributed by atoms with Crippen LogP contribution in [0.15, 0.2) is 41.3 Å². The lowest BCUT2D eigenvalue weighted by Gasteiger charge is -2.24. The van der Waals surface area contributed by atoms with Crippen LogP contribution in [0.4, 0.5) is 15.8 Å². The molecule has 2 aliphatic heterocycles. The Labute approximate surface area is 200 Å². The lowest BCUT2D eigenvalue weighted by Crippen LogP contribution is -2.38. The van der Waals surface area contributed by atoms with Crippen LogP contribution in [0, 0.1) is 12.7 Å². The molecule has 0 bridgehead atoms. The predicted molar refractivity (Wildman–Crippen MR) is 129 cm³/mol. The Morgan fingerprint density at radius 3 is 2.44 bits per heavy atom. The molecular formula is C25H30FN3O4S. The van der Waals surface area contributed by atoms with Gasteiger partial charge in [-0.2, -0.15) is 4.31 Å². The second-order valence-corrected chi connectivity index (χ2v) is 10.9. The zero-order valence-corrected chi connectivity index (χ0v) is 20.2. The van der Waals surface area contributed by atoms with Gasteiger partial charge in [0.05, 0.1) is 4.90 Å². The van der Waals surface area contributed by atoms with Crippen molar-refractivity contribution in [2.75, 3.05) is 29.9 Å². The molecule has 34 heavy (non-hydrogen) atoms. The van der Waals surface area contributed by atoms with Gasteiger partial charge in [0.25, 0.3) is 0 Å². The van der Waals surface area contributed by atoms with Crippen LogP contribution in [-0.4, -0.2) is 44.2 Å². The summed E-state index contributed by atoms with van der Waals surface area (Å²) in [5.74, 6) is -0.983. The molecule has 1 fully saturated rings. The Hall–Kier alpha value is -2.78. The molecule has 9 heteroatoms.